The first-order valence-corrected chi connectivity index (χ1v) is 7.89. The lowest BCUT2D eigenvalue weighted by Gasteiger charge is -2.13. The third kappa shape index (κ3) is 3.49. The molecule has 2 aromatic rings. The van der Waals surface area contributed by atoms with Gasteiger partial charge in [0.15, 0.2) is 0 Å². The zero-order chi connectivity index (χ0) is 15.6. The Morgan fingerprint density at radius 2 is 2.05 bits per heavy atom. The molecule has 0 bridgehead atoms. The zero-order valence-corrected chi connectivity index (χ0v) is 12.6. The topological polar surface area (TPSA) is 85.3 Å². The summed E-state index contributed by atoms with van der Waals surface area (Å²) in [5.41, 5.74) is 5.54. The number of hydrogen-bond donors (Lipinski definition) is 2. The highest BCUT2D eigenvalue weighted by Crippen LogP contribution is 2.20. The molecule has 1 aromatic heterocycles. The van der Waals surface area contributed by atoms with E-state index in [-0.39, 0.29) is 17.0 Å². The minimum Gasteiger partial charge on any atom is -0.465 e. The predicted molar refractivity (Wildman–Crippen MR) is 76.5 cm³/mol. The molecule has 0 radical (unpaired) electrons. The lowest BCUT2D eigenvalue weighted by atomic mass is 10.2. The number of halogens is 1. The lowest BCUT2D eigenvalue weighted by molar-refractivity contribution is 0.441. The van der Waals surface area contributed by atoms with Gasteiger partial charge in [0.05, 0.1) is 10.9 Å². The molecule has 1 aromatic carbocycles. The molecule has 0 fully saturated rings. The van der Waals surface area contributed by atoms with Gasteiger partial charge in [0.2, 0.25) is 10.0 Å². The van der Waals surface area contributed by atoms with Crippen LogP contribution in [0.25, 0.3) is 0 Å². The second-order valence-electron chi connectivity index (χ2n) is 4.75. The maximum Gasteiger partial charge on any atom is 0.241 e. The summed E-state index contributed by atoms with van der Waals surface area (Å²) >= 11 is 0. The van der Waals surface area contributed by atoms with E-state index in [0.29, 0.717) is 11.5 Å². The minimum absolute atomic E-state index is 0.0283. The normalized spacial score (nSPS) is 13.3. The Morgan fingerprint density at radius 3 is 2.62 bits per heavy atom. The first-order chi connectivity index (χ1) is 9.83. The van der Waals surface area contributed by atoms with Gasteiger partial charge < -0.3 is 10.2 Å². The van der Waals surface area contributed by atoms with Crippen LogP contribution in [0.3, 0.4) is 0 Å². The third-order valence-corrected chi connectivity index (χ3v) is 4.61. The summed E-state index contributed by atoms with van der Waals surface area (Å²) < 4.78 is 45.8. The fraction of sp³-hybridized carbons (Fsp3) is 0.286. The van der Waals surface area contributed by atoms with Gasteiger partial charge in [-0.15, -0.1) is 0 Å². The molecule has 0 aliphatic carbocycles. The summed E-state index contributed by atoms with van der Waals surface area (Å²) in [6.07, 6.45) is 0. The van der Waals surface area contributed by atoms with Gasteiger partial charge in [0.25, 0.3) is 0 Å². The number of nitrogens with one attached hydrogen (secondary N) is 1. The highest BCUT2D eigenvalue weighted by Gasteiger charge is 2.21. The van der Waals surface area contributed by atoms with E-state index in [1.807, 2.05) is 0 Å². The Morgan fingerprint density at radius 1 is 1.33 bits per heavy atom. The average Bonchev–Trinajstić information content (AvgIpc) is 2.85. The number of furan rings is 1. The zero-order valence-electron chi connectivity index (χ0n) is 11.8. The molecule has 114 valence electrons. The first-order valence-electron chi connectivity index (χ1n) is 6.40. The number of hydrogen-bond acceptors (Lipinski definition) is 4. The molecular weight excluding hydrogens is 295 g/mol. The highest BCUT2D eigenvalue weighted by atomic mass is 32.2. The van der Waals surface area contributed by atoms with Crippen LogP contribution in [0.2, 0.25) is 0 Å². The van der Waals surface area contributed by atoms with Crippen LogP contribution in [0.5, 0.6) is 0 Å². The van der Waals surface area contributed by atoms with Crippen molar-refractivity contribution >= 4 is 10.0 Å². The van der Waals surface area contributed by atoms with Crippen molar-refractivity contribution in [1.29, 1.82) is 0 Å². The maximum absolute atomic E-state index is 13.4. The van der Waals surface area contributed by atoms with E-state index < -0.39 is 21.9 Å². The Balaban J connectivity index is 2.26. The van der Waals surface area contributed by atoms with Crippen molar-refractivity contribution in [2.75, 3.05) is 0 Å². The van der Waals surface area contributed by atoms with Crippen molar-refractivity contribution in [1.82, 2.24) is 4.72 Å². The van der Waals surface area contributed by atoms with E-state index in [2.05, 4.69) is 4.72 Å². The number of benzene rings is 1. The van der Waals surface area contributed by atoms with E-state index in [0.717, 1.165) is 6.07 Å². The summed E-state index contributed by atoms with van der Waals surface area (Å²) in [5, 5.41) is 0. The third-order valence-electron chi connectivity index (χ3n) is 3.07. The van der Waals surface area contributed by atoms with Crippen LogP contribution in [0.4, 0.5) is 4.39 Å². The molecule has 1 unspecified atom stereocenters. The van der Waals surface area contributed by atoms with Gasteiger partial charge in [-0.05, 0) is 44.2 Å². The Labute approximate surface area is 123 Å². The molecule has 21 heavy (non-hydrogen) atoms. The quantitative estimate of drug-likeness (QED) is 0.886. The van der Waals surface area contributed by atoms with Crippen molar-refractivity contribution < 1.29 is 17.2 Å². The molecule has 0 saturated heterocycles. The van der Waals surface area contributed by atoms with Crippen LogP contribution in [-0.4, -0.2) is 8.42 Å². The molecule has 0 amide bonds. The van der Waals surface area contributed by atoms with Crippen LogP contribution < -0.4 is 10.5 Å². The van der Waals surface area contributed by atoms with Gasteiger partial charge in [-0.25, -0.2) is 17.5 Å². The predicted octanol–water partition coefficient (Wildman–Crippen LogP) is 2.23. The molecular formula is C14H17FN2O3S. The van der Waals surface area contributed by atoms with Crippen molar-refractivity contribution in [2.24, 2.45) is 5.73 Å². The lowest BCUT2D eigenvalue weighted by Crippen LogP contribution is -2.27. The highest BCUT2D eigenvalue weighted by molar-refractivity contribution is 7.89. The van der Waals surface area contributed by atoms with Gasteiger partial charge in [-0.3, -0.25) is 0 Å². The van der Waals surface area contributed by atoms with Gasteiger partial charge in [0.1, 0.15) is 17.3 Å². The van der Waals surface area contributed by atoms with E-state index in [4.69, 9.17) is 10.2 Å². The average molecular weight is 312 g/mol. The number of aryl methyl sites for hydroxylation is 1. The monoisotopic (exact) mass is 312 g/mol. The van der Waals surface area contributed by atoms with Crippen LogP contribution in [-0.2, 0) is 16.6 Å². The van der Waals surface area contributed by atoms with Crippen molar-refractivity contribution in [3.63, 3.8) is 0 Å². The van der Waals surface area contributed by atoms with Gasteiger partial charge >= 0.3 is 0 Å². The van der Waals surface area contributed by atoms with Gasteiger partial charge in [0, 0.05) is 12.1 Å². The van der Waals surface area contributed by atoms with E-state index in [1.54, 1.807) is 26.0 Å². The molecule has 3 N–H and O–H groups in total. The SMILES string of the molecule is Cc1ccc(C(C)NS(=O)(=O)c2ccc(F)c(CN)c2)o1. The molecule has 5 nitrogen and oxygen atoms in total. The van der Waals surface area contributed by atoms with Gasteiger partial charge in [-0.2, -0.15) is 0 Å². The maximum atomic E-state index is 13.4. The van der Waals surface area contributed by atoms with Crippen LogP contribution in [0.15, 0.2) is 39.6 Å². The van der Waals surface area contributed by atoms with Crippen molar-refractivity contribution in [3.05, 3.63) is 53.2 Å². The van der Waals surface area contributed by atoms with Crippen molar-refractivity contribution in [3.8, 4) is 0 Å². The van der Waals surface area contributed by atoms with Crippen LogP contribution in [0.1, 0.15) is 30.0 Å². The molecule has 1 atom stereocenters. The summed E-state index contributed by atoms with van der Waals surface area (Å²) in [7, 11) is -3.78. The van der Waals surface area contributed by atoms with Crippen molar-refractivity contribution in [2.45, 2.75) is 31.3 Å². The minimum atomic E-state index is -3.78. The van der Waals surface area contributed by atoms with E-state index in [1.165, 1.54) is 12.1 Å². The Kier molecular flexibility index (Phi) is 4.46. The standard InChI is InChI=1S/C14H17FN2O3S/c1-9-3-6-14(20-9)10(2)17-21(18,19)12-4-5-13(15)11(7-12)8-16/h3-7,10,17H,8,16H2,1-2H3. The van der Waals surface area contributed by atoms with Gasteiger partial charge in [-0.1, -0.05) is 0 Å². The summed E-state index contributed by atoms with van der Waals surface area (Å²) in [4.78, 5) is -0.0283. The van der Waals surface area contributed by atoms with Crippen LogP contribution in [0, 0.1) is 12.7 Å². The fourth-order valence-corrected chi connectivity index (χ4v) is 3.18. The molecule has 7 heteroatoms. The molecule has 1 heterocycles. The molecule has 0 saturated carbocycles. The number of nitrogens with two attached hydrogens (primary N) is 1. The Hall–Kier alpha value is -1.70. The number of sulfonamides is 1. The smallest absolute Gasteiger partial charge is 0.241 e. The largest absolute Gasteiger partial charge is 0.465 e. The summed E-state index contributed by atoms with van der Waals surface area (Å²) in [6, 6.07) is 6.46. The van der Waals surface area contributed by atoms with E-state index >= 15 is 0 Å². The molecule has 0 aliphatic rings. The molecule has 0 aliphatic heterocycles. The summed E-state index contributed by atoms with van der Waals surface area (Å²) in [5.74, 6) is 0.687. The Bertz CT molecular complexity index is 740. The van der Waals surface area contributed by atoms with Crippen LogP contribution >= 0.6 is 0 Å². The second kappa shape index (κ2) is 5.97. The fourth-order valence-electron chi connectivity index (χ4n) is 1.92. The number of rotatable bonds is 5. The van der Waals surface area contributed by atoms with E-state index in [9.17, 15) is 12.8 Å². The summed E-state index contributed by atoms with van der Waals surface area (Å²) in [6.45, 7) is 3.38. The second-order valence-corrected chi connectivity index (χ2v) is 6.46. The molecule has 2 rings (SSSR count). The first kappa shape index (κ1) is 15.7. The molecule has 0 spiro atoms.